The van der Waals surface area contributed by atoms with Gasteiger partial charge in [-0.3, -0.25) is 4.79 Å². The van der Waals surface area contributed by atoms with Gasteiger partial charge in [0.15, 0.2) is 23.4 Å². The average molecular weight is 641 g/mol. The summed E-state index contributed by atoms with van der Waals surface area (Å²) < 4.78 is 27.0. The summed E-state index contributed by atoms with van der Waals surface area (Å²) in [5.41, 5.74) is -1.56. The zero-order valence-electron chi connectivity index (χ0n) is 22.6. The van der Waals surface area contributed by atoms with Crippen molar-refractivity contribution in [3.8, 4) is 40.1 Å². The number of benzene rings is 2. The van der Waals surface area contributed by atoms with E-state index in [1.807, 2.05) is 0 Å². The van der Waals surface area contributed by atoms with Crippen molar-refractivity contribution in [2.24, 2.45) is 0 Å². The van der Waals surface area contributed by atoms with Gasteiger partial charge in [0.2, 0.25) is 23.8 Å². The molecule has 1 aromatic heterocycles. The Morgan fingerprint density at radius 3 is 2.16 bits per heavy atom. The highest BCUT2D eigenvalue weighted by Gasteiger charge is 2.49. The van der Waals surface area contributed by atoms with Crippen molar-refractivity contribution in [1.29, 1.82) is 0 Å². The van der Waals surface area contributed by atoms with Gasteiger partial charge in [0.1, 0.15) is 65.2 Å². The lowest BCUT2D eigenvalue weighted by Gasteiger charge is -2.38. The molecule has 2 aliphatic rings. The largest absolute Gasteiger partial charge is 0.508 e. The first-order valence-electron chi connectivity index (χ1n) is 13.2. The van der Waals surface area contributed by atoms with Gasteiger partial charge in [-0.15, -0.1) is 0 Å². The number of aliphatic hydroxyl groups excluding tert-OH is 7. The molecule has 45 heavy (non-hydrogen) atoms. The summed E-state index contributed by atoms with van der Waals surface area (Å²) in [4.78, 5) is 24.9. The molecule has 10 atom stereocenters. The van der Waals surface area contributed by atoms with E-state index in [-0.39, 0.29) is 11.1 Å². The van der Waals surface area contributed by atoms with Gasteiger partial charge in [-0.1, -0.05) is 0 Å². The number of phenolic OH excluding ortho intramolecular Hbond substituents is 3. The molecular formula is C27H28O18. The van der Waals surface area contributed by atoms with Gasteiger partial charge in [0.25, 0.3) is 0 Å². The van der Waals surface area contributed by atoms with Crippen molar-refractivity contribution in [2.45, 2.75) is 61.4 Å². The summed E-state index contributed by atoms with van der Waals surface area (Å²) in [5.74, 6) is -5.25. The zero-order chi connectivity index (χ0) is 32.9. The first-order chi connectivity index (χ1) is 21.2. The molecule has 2 fully saturated rings. The number of carboxylic acid groups (broad SMARTS) is 1. The third kappa shape index (κ3) is 5.81. The van der Waals surface area contributed by atoms with Crippen LogP contribution in [-0.2, 0) is 14.3 Å². The van der Waals surface area contributed by atoms with Crippen molar-refractivity contribution >= 4 is 16.9 Å². The van der Waals surface area contributed by atoms with Crippen molar-refractivity contribution in [3.05, 3.63) is 40.6 Å². The van der Waals surface area contributed by atoms with Crippen LogP contribution in [-0.4, -0.2) is 130 Å². The maximum absolute atomic E-state index is 13.6. The van der Waals surface area contributed by atoms with E-state index in [1.54, 1.807) is 0 Å². The fourth-order valence-corrected chi connectivity index (χ4v) is 4.91. The maximum Gasteiger partial charge on any atom is 0.335 e. The Kier molecular flexibility index (Phi) is 8.77. The van der Waals surface area contributed by atoms with Crippen LogP contribution >= 0.6 is 0 Å². The maximum atomic E-state index is 13.6. The number of carbonyl (C=O) groups is 1. The molecule has 0 saturated carbocycles. The average Bonchev–Trinajstić information content (AvgIpc) is 3.27. The lowest BCUT2D eigenvalue weighted by atomic mass is 9.99. The Hall–Kier alpha value is -4.24. The second-order valence-electron chi connectivity index (χ2n) is 10.3. The van der Waals surface area contributed by atoms with Crippen molar-refractivity contribution in [3.63, 3.8) is 0 Å². The van der Waals surface area contributed by atoms with Gasteiger partial charge in [0, 0.05) is 17.7 Å². The summed E-state index contributed by atoms with van der Waals surface area (Å²) >= 11 is 0. The molecule has 18 heteroatoms. The Balaban J connectivity index is 1.54. The molecule has 0 spiro atoms. The van der Waals surface area contributed by atoms with Crippen molar-refractivity contribution in [1.82, 2.24) is 0 Å². The monoisotopic (exact) mass is 640 g/mol. The lowest BCUT2D eigenvalue weighted by molar-refractivity contribution is -0.271. The van der Waals surface area contributed by atoms with E-state index in [0.717, 1.165) is 24.3 Å². The molecule has 2 saturated heterocycles. The Labute approximate surface area is 250 Å². The standard InChI is InChI=1S/C27H28O18/c28-6-11(32)22-18(36)20(38)27(43-22)44-23-15(33)14-10(31)4-8(29)5-13(14)41-21(23)7-1-2-12(9(30)3-7)42-26-19(37)16(34)17(35)24(45-26)25(39)40/h1-5,11,16-20,22,24,26-32,34-38H,6H2,(H,39,40)/t11?,16-,17-,18+,19+,20+,22+,24-,26+,27-/m0/s1. The number of hydrogen-bond acceptors (Lipinski definition) is 17. The highest BCUT2D eigenvalue weighted by atomic mass is 16.7. The van der Waals surface area contributed by atoms with Crippen LogP contribution in [0.2, 0.25) is 0 Å². The Morgan fingerprint density at radius 1 is 0.844 bits per heavy atom. The number of aliphatic carboxylic acids is 1. The fraction of sp³-hybridized carbons (Fsp3) is 0.407. The molecular weight excluding hydrogens is 612 g/mol. The van der Waals surface area contributed by atoms with Gasteiger partial charge in [0.05, 0.1) is 6.61 Å². The number of hydrogen-bond donors (Lipinski definition) is 11. The van der Waals surface area contributed by atoms with E-state index in [2.05, 4.69) is 0 Å². The summed E-state index contributed by atoms with van der Waals surface area (Å²) in [5, 5.41) is 110. The van der Waals surface area contributed by atoms with Crippen molar-refractivity contribution < 1.29 is 84.3 Å². The number of aromatic hydroxyl groups is 3. The summed E-state index contributed by atoms with van der Waals surface area (Å²) in [6.07, 6.45) is -18.4. The molecule has 0 amide bonds. The third-order valence-electron chi connectivity index (χ3n) is 7.25. The minimum Gasteiger partial charge on any atom is -0.508 e. The van der Waals surface area contributed by atoms with Crippen LogP contribution in [0.5, 0.6) is 28.7 Å². The molecule has 2 aromatic carbocycles. The third-order valence-corrected chi connectivity index (χ3v) is 7.25. The lowest BCUT2D eigenvalue weighted by Crippen LogP contribution is -2.61. The van der Waals surface area contributed by atoms with E-state index >= 15 is 0 Å². The van der Waals surface area contributed by atoms with E-state index in [9.17, 15) is 65.8 Å². The molecule has 3 heterocycles. The van der Waals surface area contributed by atoms with E-state index in [0.29, 0.717) is 0 Å². The molecule has 244 valence electrons. The second kappa shape index (κ2) is 12.3. The van der Waals surface area contributed by atoms with Crippen LogP contribution < -0.4 is 14.9 Å². The molecule has 3 aromatic rings. The van der Waals surface area contributed by atoms with Crippen LogP contribution in [0.15, 0.2) is 39.5 Å². The molecule has 0 aliphatic carbocycles. The van der Waals surface area contributed by atoms with Gasteiger partial charge in [-0.2, -0.15) is 0 Å². The summed E-state index contributed by atoms with van der Waals surface area (Å²) in [6.45, 7) is -0.852. The molecule has 18 nitrogen and oxygen atoms in total. The molecule has 11 N–H and O–H groups in total. The number of aliphatic hydroxyl groups is 7. The molecule has 1 unspecified atom stereocenters. The number of rotatable bonds is 8. The number of fused-ring (bicyclic) bond motifs is 1. The van der Waals surface area contributed by atoms with Crippen LogP contribution in [0, 0.1) is 0 Å². The predicted molar refractivity (Wildman–Crippen MR) is 142 cm³/mol. The number of phenols is 3. The fourth-order valence-electron chi connectivity index (χ4n) is 4.91. The van der Waals surface area contributed by atoms with Crippen LogP contribution in [0.3, 0.4) is 0 Å². The Morgan fingerprint density at radius 2 is 1.51 bits per heavy atom. The van der Waals surface area contributed by atoms with Crippen LogP contribution in [0.1, 0.15) is 0 Å². The number of carboxylic acids is 1. The van der Waals surface area contributed by atoms with E-state index < -0.39 is 119 Å². The first kappa shape index (κ1) is 32.2. The SMILES string of the molecule is O=C(O)[C@H]1O[C@@H](Oc2ccc(-c3oc4cc(O)cc(O)c4c(=O)c3O[C@@H]3O[C@H](C(O)CO)[C@H](O)[C@H]3O)cc2O)[C@H](O)[C@@H](O)[C@@H]1O. The van der Waals surface area contributed by atoms with E-state index in [4.69, 9.17) is 23.4 Å². The molecule has 0 radical (unpaired) electrons. The highest BCUT2D eigenvalue weighted by molar-refractivity contribution is 5.88. The summed E-state index contributed by atoms with van der Waals surface area (Å²) in [7, 11) is 0. The van der Waals surface area contributed by atoms with E-state index in [1.165, 1.54) is 6.07 Å². The quantitative estimate of drug-likeness (QED) is 0.117. The van der Waals surface area contributed by atoms with Crippen LogP contribution in [0.25, 0.3) is 22.3 Å². The molecule has 5 rings (SSSR count). The highest BCUT2D eigenvalue weighted by Crippen LogP contribution is 2.40. The van der Waals surface area contributed by atoms with Crippen molar-refractivity contribution in [2.75, 3.05) is 6.61 Å². The van der Waals surface area contributed by atoms with Crippen LogP contribution in [0.4, 0.5) is 0 Å². The van der Waals surface area contributed by atoms with Gasteiger partial charge in [-0.05, 0) is 18.2 Å². The second-order valence-corrected chi connectivity index (χ2v) is 10.3. The summed E-state index contributed by atoms with van der Waals surface area (Å²) in [6, 6.07) is 5.00. The smallest absolute Gasteiger partial charge is 0.335 e. The number of ether oxygens (including phenoxy) is 4. The van der Waals surface area contributed by atoms with Gasteiger partial charge >= 0.3 is 5.97 Å². The van der Waals surface area contributed by atoms with Gasteiger partial charge in [-0.25, -0.2) is 4.79 Å². The minimum absolute atomic E-state index is 0.138. The minimum atomic E-state index is -1.99. The topological polar surface area (TPSA) is 307 Å². The predicted octanol–water partition coefficient (Wildman–Crippen LogP) is -2.97. The molecule has 2 aliphatic heterocycles. The normalized spacial score (nSPS) is 30.7. The first-order valence-corrected chi connectivity index (χ1v) is 13.2. The zero-order valence-corrected chi connectivity index (χ0v) is 22.6. The Bertz CT molecular complexity index is 1640. The molecule has 0 bridgehead atoms. The van der Waals surface area contributed by atoms with Gasteiger partial charge < -0.3 is 79.5 Å².